The standard InChI is InChI=1S/C23H24N4O4/c28-22-12-15(14-27(22)16-7-8-19-20(13-16)31-11-10-30-19)23(29)24-9-3-6-21-25-17-4-1-2-5-18(17)26-21/h1-2,4-5,7-8,13,15H,3,6,9-12,14H2,(H,24,29)(H,25,26)/t15-/m1/s1. The van der Waals surface area contributed by atoms with E-state index >= 15 is 0 Å². The molecule has 0 spiro atoms. The van der Waals surface area contributed by atoms with Crippen molar-refractivity contribution in [3.05, 3.63) is 48.3 Å². The van der Waals surface area contributed by atoms with Crippen LogP contribution in [0.25, 0.3) is 11.0 Å². The number of fused-ring (bicyclic) bond motifs is 2. The molecule has 1 aromatic heterocycles. The number of benzene rings is 2. The monoisotopic (exact) mass is 420 g/mol. The molecule has 2 aliphatic heterocycles. The number of rotatable bonds is 6. The van der Waals surface area contributed by atoms with Crippen LogP contribution in [0.4, 0.5) is 5.69 Å². The van der Waals surface area contributed by atoms with Crippen LogP contribution in [-0.4, -0.2) is 48.1 Å². The lowest BCUT2D eigenvalue weighted by molar-refractivity contribution is -0.126. The maximum atomic E-state index is 12.6. The summed E-state index contributed by atoms with van der Waals surface area (Å²) in [5, 5.41) is 2.97. The van der Waals surface area contributed by atoms with Gasteiger partial charge in [0.05, 0.1) is 17.0 Å². The summed E-state index contributed by atoms with van der Waals surface area (Å²) in [6.07, 6.45) is 1.74. The quantitative estimate of drug-likeness (QED) is 0.597. The zero-order valence-corrected chi connectivity index (χ0v) is 17.1. The molecule has 2 aromatic carbocycles. The van der Waals surface area contributed by atoms with Crippen molar-refractivity contribution in [1.82, 2.24) is 15.3 Å². The number of imidazole rings is 1. The van der Waals surface area contributed by atoms with Gasteiger partial charge in [-0.2, -0.15) is 0 Å². The molecule has 1 saturated heterocycles. The Balaban J connectivity index is 1.13. The van der Waals surface area contributed by atoms with Gasteiger partial charge in [-0.1, -0.05) is 12.1 Å². The summed E-state index contributed by atoms with van der Waals surface area (Å²) in [6.45, 7) is 1.93. The first-order chi connectivity index (χ1) is 15.2. The lowest BCUT2D eigenvalue weighted by Crippen LogP contribution is -2.33. The Morgan fingerprint density at radius 2 is 2.00 bits per heavy atom. The molecule has 3 aromatic rings. The van der Waals surface area contributed by atoms with Crippen LogP contribution < -0.4 is 19.7 Å². The van der Waals surface area contributed by atoms with Gasteiger partial charge in [-0.15, -0.1) is 0 Å². The van der Waals surface area contributed by atoms with E-state index in [-0.39, 0.29) is 24.2 Å². The normalized spacial score (nSPS) is 17.9. The van der Waals surface area contributed by atoms with Gasteiger partial charge in [0.15, 0.2) is 11.5 Å². The molecule has 0 bridgehead atoms. The molecule has 160 valence electrons. The van der Waals surface area contributed by atoms with E-state index in [1.807, 2.05) is 36.4 Å². The van der Waals surface area contributed by atoms with Crippen molar-refractivity contribution in [2.24, 2.45) is 5.92 Å². The number of aryl methyl sites for hydroxylation is 1. The van der Waals surface area contributed by atoms with E-state index in [0.29, 0.717) is 37.8 Å². The first-order valence-electron chi connectivity index (χ1n) is 10.6. The number of hydrogen-bond donors (Lipinski definition) is 2. The summed E-state index contributed by atoms with van der Waals surface area (Å²) in [5.74, 6) is 1.73. The van der Waals surface area contributed by atoms with Gasteiger partial charge in [-0.05, 0) is 30.7 Å². The van der Waals surface area contributed by atoms with Gasteiger partial charge in [0.2, 0.25) is 11.8 Å². The molecule has 2 aliphatic rings. The highest BCUT2D eigenvalue weighted by atomic mass is 16.6. The minimum absolute atomic E-state index is 0.0564. The fourth-order valence-corrected chi connectivity index (χ4v) is 4.07. The van der Waals surface area contributed by atoms with Crippen LogP contribution in [0.5, 0.6) is 11.5 Å². The molecule has 0 unspecified atom stereocenters. The van der Waals surface area contributed by atoms with Crippen molar-refractivity contribution in [3.8, 4) is 11.5 Å². The van der Waals surface area contributed by atoms with Crippen LogP contribution in [0.2, 0.25) is 0 Å². The number of para-hydroxylation sites is 2. The van der Waals surface area contributed by atoms with Gasteiger partial charge < -0.3 is 24.7 Å². The molecular weight excluding hydrogens is 396 g/mol. The van der Waals surface area contributed by atoms with Gasteiger partial charge in [-0.3, -0.25) is 9.59 Å². The number of anilines is 1. The van der Waals surface area contributed by atoms with Crippen molar-refractivity contribution in [2.45, 2.75) is 19.3 Å². The molecule has 2 amide bonds. The van der Waals surface area contributed by atoms with Crippen molar-refractivity contribution in [1.29, 1.82) is 0 Å². The van der Waals surface area contributed by atoms with E-state index in [9.17, 15) is 9.59 Å². The number of amides is 2. The first kappa shape index (κ1) is 19.4. The zero-order valence-electron chi connectivity index (χ0n) is 17.1. The van der Waals surface area contributed by atoms with E-state index < -0.39 is 0 Å². The Hall–Kier alpha value is -3.55. The fraction of sp³-hybridized carbons (Fsp3) is 0.348. The summed E-state index contributed by atoms with van der Waals surface area (Å²) in [7, 11) is 0. The molecule has 3 heterocycles. The number of nitrogens with one attached hydrogen (secondary N) is 2. The summed E-state index contributed by atoms with van der Waals surface area (Å²) in [6, 6.07) is 13.4. The Morgan fingerprint density at radius 1 is 1.16 bits per heavy atom. The third-order valence-corrected chi connectivity index (χ3v) is 5.66. The Kier molecular flexibility index (Phi) is 5.19. The van der Waals surface area contributed by atoms with Gasteiger partial charge >= 0.3 is 0 Å². The van der Waals surface area contributed by atoms with Gasteiger partial charge in [0.1, 0.15) is 19.0 Å². The number of carbonyl (C=O) groups is 2. The molecule has 8 heteroatoms. The molecule has 1 atom stereocenters. The predicted molar refractivity (Wildman–Crippen MR) is 115 cm³/mol. The van der Waals surface area contributed by atoms with Gasteiger partial charge in [-0.25, -0.2) is 4.98 Å². The van der Waals surface area contributed by atoms with E-state index in [1.165, 1.54) is 0 Å². The van der Waals surface area contributed by atoms with Crippen LogP contribution >= 0.6 is 0 Å². The van der Waals surface area contributed by atoms with E-state index in [4.69, 9.17) is 9.47 Å². The molecule has 5 rings (SSSR count). The number of aromatic amines is 1. The molecule has 8 nitrogen and oxygen atoms in total. The average Bonchev–Trinajstić information content (AvgIpc) is 3.39. The summed E-state index contributed by atoms with van der Waals surface area (Å²) in [4.78, 5) is 34.6. The predicted octanol–water partition coefficient (Wildman–Crippen LogP) is 2.44. The third kappa shape index (κ3) is 4.05. The number of carbonyl (C=O) groups excluding carboxylic acids is 2. The Morgan fingerprint density at radius 3 is 2.87 bits per heavy atom. The van der Waals surface area contributed by atoms with Crippen molar-refractivity contribution >= 4 is 28.5 Å². The van der Waals surface area contributed by atoms with Crippen LogP contribution in [0.1, 0.15) is 18.7 Å². The molecular formula is C23H24N4O4. The first-order valence-corrected chi connectivity index (χ1v) is 10.6. The highest BCUT2D eigenvalue weighted by molar-refractivity contribution is 6.00. The SMILES string of the molecule is O=C(NCCCc1nc2ccccc2[nH]1)[C@@H]1CC(=O)N(c2ccc3c(c2)OCCO3)C1. The lowest BCUT2D eigenvalue weighted by atomic mass is 10.1. The maximum Gasteiger partial charge on any atom is 0.227 e. The Bertz CT molecular complexity index is 1090. The minimum atomic E-state index is -0.355. The Labute approximate surface area is 179 Å². The van der Waals surface area contributed by atoms with Crippen LogP contribution in [0, 0.1) is 5.92 Å². The minimum Gasteiger partial charge on any atom is -0.486 e. The molecule has 0 radical (unpaired) electrons. The lowest BCUT2D eigenvalue weighted by Gasteiger charge is -2.22. The summed E-state index contributed by atoms with van der Waals surface area (Å²) < 4.78 is 11.1. The van der Waals surface area contributed by atoms with Crippen molar-refractivity contribution in [3.63, 3.8) is 0 Å². The number of H-pyrrole nitrogens is 1. The van der Waals surface area contributed by atoms with Crippen molar-refractivity contribution in [2.75, 3.05) is 31.2 Å². The second-order valence-electron chi connectivity index (χ2n) is 7.83. The second-order valence-corrected chi connectivity index (χ2v) is 7.83. The third-order valence-electron chi connectivity index (χ3n) is 5.66. The van der Waals surface area contributed by atoms with Crippen LogP contribution in [0.3, 0.4) is 0 Å². The summed E-state index contributed by atoms with van der Waals surface area (Å²) >= 11 is 0. The van der Waals surface area contributed by atoms with Crippen LogP contribution in [0.15, 0.2) is 42.5 Å². The molecule has 0 saturated carbocycles. The maximum absolute atomic E-state index is 12.6. The smallest absolute Gasteiger partial charge is 0.227 e. The topological polar surface area (TPSA) is 96.5 Å². The largest absolute Gasteiger partial charge is 0.486 e. The highest BCUT2D eigenvalue weighted by Crippen LogP contribution is 2.36. The highest BCUT2D eigenvalue weighted by Gasteiger charge is 2.35. The zero-order chi connectivity index (χ0) is 21.2. The molecule has 0 aliphatic carbocycles. The number of hydrogen-bond acceptors (Lipinski definition) is 5. The van der Waals surface area contributed by atoms with E-state index in [0.717, 1.165) is 35.4 Å². The van der Waals surface area contributed by atoms with Gasteiger partial charge in [0.25, 0.3) is 0 Å². The molecule has 2 N–H and O–H groups in total. The molecule has 1 fully saturated rings. The van der Waals surface area contributed by atoms with E-state index in [1.54, 1.807) is 11.0 Å². The number of aromatic nitrogens is 2. The summed E-state index contributed by atoms with van der Waals surface area (Å²) in [5.41, 5.74) is 2.70. The fourth-order valence-electron chi connectivity index (χ4n) is 4.07. The number of ether oxygens (including phenoxy) is 2. The van der Waals surface area contributed by atoms with Crippen molar-refractivity contribution < 1.29 is 19.1 Å². The number of nitrogens with zero attached hydrogens (tertiary/aromatic N) is 2. The molecule has 31 heavy (non-hydrogen) atoms. The average molecular weight is 420 g/mol. The van der Waals surface area contributed by atoms with Gasteiger partial charge in [0, 0.05) is 37.7 Å². The van der Waals surface area contributed by atoms with Crippen LogP contribution in [-0.2, 0) is 16.0 Å². The van der Waals surface area contributed by atoms with E-state index in [2.05, 4.69) is 15.3 Å². The second kappa shape index (κ2) is 8.29.